The molecule has 2 aromatic carbocycles. The highest BCUT2D eigenvalue weighted by Gasteiger charge is 2.26. The molecule has 0 unspecified atom stereocenters. The molecule has 5 heteroatoms. The van der Waals surface area contributed by atoms with Crippen molar-refractivity contribution in [2.24, 2.45) is 0 Å². The summed E-state index contributed by atoms with van der Waals surface area (Å²) in [4.78, 5) is 30.3. The molecule has 0 fully saturated rings. The Bertz CT molecular complexity index is 1060. The number of rotatable bonds is 2. The number of aromatic nitrogens is 1. The van der Waals surface area contributed by atoms with Gasteiger partial charge in [0, 0.05) is 47.2 Å². The number of methoxy groups -OCH3 is 1. The Morgan fingerprint density at radius 3 is 2.67 bits per heavy atom. The summed E-state index contributed by atoms with van der Waals surface area (Å²) >= 11 is 0. The quantitative estimate of drug-likeness (QED) is 0.706. The van der Waals surface area contributed by atoms with Gasteiger partial charge in [-0.15, -0.1) is 0 Å². The number of esters is 1. The van der Waals surface area contributed by atoms with Gasteiger partial charge >= 0.3 is 5.97 Å². The summed E-state index contributed by atoms with van der Waals surface area (Å²) in [5.74, 6) is -0.303. The van der Waals surface area contributed by atoms with Crippen LogP contribution in [0.25, 0.3) is 10.9 Å². The lowest BCUT2D eigenvalue weighted by atomic mass is 10.0. The number of amides is 1. The van der Waals surface area contributed by atoms with E-state index < -0.39 is 0 Å². The van der Waals surface area contributed by atoms with Crippen LogP contribution < -0.4 is 0 Å². The monoisotopic (exact) mass is 362 g/mol. The molecule has 1 aromatic heterocycles. The van der Waals surface area contributed by atoms with Crippen LogP contribution in [-0.4, -0.2) is 35.4 Å². The van der Waals surface area contributed by atoms with Crippen LogP contribution in [0.2, 0.25) is 0 Å². The van der Waals surface area contributed by atoms with Crippen molar-refractivity contribution in [2.45, 2.75) is 26.8 Å². The molecule has 0 spiro atoms. The van der Waals surface area contributed by atoms with Crippen molar-refractivity contribution in [2.75, 3.05) is 13.7 Å². The van der Waals surface area contributed by atoms with Crippen molar-refractivity contribution >= 4 is 22.8 Å². The van der Waals surface area contributed by atoms with Gasteiger partial charge in [0.25, 0.3) is 5.91 Å². The molecule has 1 amide bonds. The van der Waals surface area contributed by atoms with Gasteiger partial charge in [-0.25, -0.2) is 4.79 Å². The van der Waals surface area contributed by atoms with Gasteiger partial charge < -0.3 is 14.6 Å². The zero-order chi connectivity index (χ0) is 19.1. The zero-order valence-electron chi connectivity index (χ0n) is 15.8. The van der Waals surface area contributed by atoms with Crippen LogP contribution in [0, 0.1) is 13.8 Å². The number of aromatic amines is 1. The molecule has 4 rings (SSSR count). The van der Waals surface area contributed by atoms with Gasteiger partial charge in [0.05, 0.1) is 12.7 Å². The second kappa shape index (κ2) is 6.58. The van der Waals surface area contributed by atoms with Crippen LogP contribution in [0.4, 0.5) is 0 Å². The molecule has 0 radical (unpaired) electrons. The molecule has 1 aliphatic rings. The first-order valence-corrected chi connectivity index (χ1v) is 9.06. The fourth-order valence-electron chi connectivity index (χ4n) is 3.86. The first-order valence-electron chi connectivity index (χ1n) is 9.06. The zero-order valence-corrected chi connectivity index (χ0v) is 15.8. The molecule has 5 nitrogen and oxygen atoms in total. The number of aryl methyl sites for hydroxylation is 2. The molecule has 0 atom stereocenters. The molecule has 0 aliphatic carbocycles. The maximum atomic E-state index is 13.1. The summed E-state index contributed by atoms with van der Waals surface area (Å²) in [6.45, 7) is 5.21. The minimum absolute atomic E-state index is 0.0524. The average molecular weight is 362 g/mol. The van der Waals surface area contributed by atoms with Gasteiger partial charge in [-0.1, -0.05) is 17.7 Å². The summed E-state index contributed by atoms with van der Waals surface area (Å²) in [7, 11) is 1.38. The van der Waals surface area contributed by atoms with Crippen LogP contribution in [0.1, 0.15) is 43.1 Å². The van der Waals surface area contributed by atoms with Gasteiger partial charge in [-0.3, -0.25) is 4.79 Å². The maximum absolute atomic E-state index is 13.1. The minimum Gasteiger partial charge on any atom is -0.465 e. The molecular weight excluding hydrogens is 340 g/mol. The second-order valence-corrected chi connectivity index (χ2v) is 7.13. The van der Waals surface area contributed by atoms with E-state index >= 15 is 0 Å². The van der Waals surface area contributed by atoms with E-state index in [1.54, 1.807) is 6.07 Å². The third kappa shape index (κ3) is 2.99. The largest absolute Gasteiger partial charge is 0.465 e. The lowest BCUT2D eigenvalue weighted by Crippen LogP contribution is -2.36. The number of fused-ring (bicyclic) bond motifs is 3. The van der Waals surface area contributed by atoms with Crippen LogP contribution in [0.15, 0.2) is 36.4 Å². The highest BCUT2D eigenvalue weighted by atomic mass is 16.5. The van der Waals surface area contributed by atoms with E-state index in [4.69, 9.17) is 4.74 Å². The van der Waals surface area contributed by atoms with Crippen molar-refractivity contribution in [3.8, 4) is 0 Å². The topological polar surface area (TPSA) is 62.4 Å². The predicted octanol–water partition coefficient (Wildman–Crippen LogP) is 3.77. The number of nitrogens with zero attached hydrogens (tertiary/aromatic N) is 1. The van der Waals surface area contributed by atoms with Crippen LogP contribution in [0.3, 0.4) is 0 Å². The lowest BCUT2D eigenvalue weighted by Gasteiger charge is -2.28. The minimum atomic E-state index is -0.356. The highest BCUT2D eigenvalue weighted by Crippen LogP contribution is 2.29. The van der Waals surface area contributed by atoms with Crippen molar-refractivity contribution in [3.05, 3.63) is 69.9 Å². The SMILES string of the molecule is COC(=O)c1ccc2[nH]c3c(c2c1)CN(C(=O)c1ccc(C)cc1C)CC3. The number of carbonyl (C=O) groups excluding carboxylic acids is 2. The first-order chi connectivity index (χ1) is 13.0. The summed E-state index contributed by atoms with van der Waals surface area (Å²) in [5, 5.41) is 0.978. The highest BCUT2D eigenvalue weighted by molar-refractivity contribution is 5.98. The van der Waals surface area contributed by atoms with Crippen molar-refractivity contribution in [1.82, 2.24) is 9.88 Å². The van der Waals surface area contributed by atoms with Crippen molar-refractivity contribution in [3.63, 3.8) is 0 Å². The number of carbonyl (C=O) groups is 2. The van der Waals surface area contributed by atoms with E-state index in [1.165, 1.54) is 7.11 Å². The Balaban J connectivity index is 1.69. The molecule has 138 valence electrons. The maximum Gasteiger partial charge on any atom is 0.337 e. The number of hydrogen-bond donors (Lipinski definition) is 1. The van der Waals surface area contributed by atoms with E-state index in [0.29, 0.717) is 18.7 Å². The molecule has 27 heavy (non-hydrogen) atoms. The number of hydrogen-bond acceptors (Lipinski definition) is 3. The Morgan fingerprint density at radius 1 is 1.11 bits per heavy atom. The fraction of sp³-hybridized carbons (Fsp3) is 0.273. The molecule has 2 heterocycles. The molecule has 1 N–H and O–H groups in total. The van der Waals surface area contributed by atoms with E-state index in [0.717, 1.165) is 45.3 Å². The normalized spacial score (nSPS) is 13.5. The van der Waals surface area contributed by atoms with E-state index in [2.05, 4.69) is 4.98 Å². The van der Waals surface area contributed by atoms with Crippen molar-refractivity contribution < 1.29 is 14.3 Å². The molecule has 1 aliphatic heterocycles. The van der Waals surface area contributed by atoms with E-state index in [-0.39, 0.29) is 11.9 Å². The van der Waals surface area contributed by atoms with E-state index in [9.17, 15) is 9.59 Å². The molecule has 0 saturated heterocycles. The Hall–Kier alpha value is -3.08. The first kappa shape index (κ1) is 17.3. The predicted molar refractivity (Wildman–Crippen MR) is 104 cm³/mol. The van der Waals surface area contributed by atoms with Gasteiger partial charge in [0.1, 0.15) is 0 Å². The molecular formula is C22H22N2O3. The van der Waals surface area contributed by atoms with Gasteiger partial charge in [-0.05, 0) is 43.7 Å². The summed E-state index contributed by atoms with van der Waals surface area (Å²) in [5.41, 5.74) is 6.61. The third-order valence-electron chi connectivity index (χ3n) is 5.30. The lowest BCUT2D eigenvalue weighted by molar-refractivity contribution is 0.0600. The summed E-state index contributed by atoms with van der Waals surface area (Å²) in [6, 6.07) is 11.4. The smallest absolute Gasteiger partial charge is 0.337 e. The molecule has 0 saturated carbocycles. The fourth-order valence-corrected chi connectivity index (χ4v) is 3.86. The number of benzene rings is 2. The van der Waals surface area contributed by atoms with E-state index in [1.807, 2.05) is 49.1 Å². The van der Waals surface area contributed by atoms with Crippen LogP contribution in [-0.2, 0) is 17.7 Å². The summed E-state index contributed by atoms with van der Waals surface area (Å²) in [6.07, 6.45) is 0.772. The van der Waals surface area contributed by atoms with Gasteiger partial charge in [-0.2, -0.15) is 0 Å². The molecule has 0 bridgehead atoms. The van der Waals surface area contributed by atoms with Crippen molar-refractivity contribution in [1.29, 1.82) is 0 Å². The molecule has 3 aromatic rings. The van der Waals surface area contributed by atoms with Gasteiger partial charge in [0.15, 0.2) is 0 Å². The Kier molecular flexibility index (Phi) is 4.22. The van der Waals surface area contributed by atoms with Crippen LogP contribution >= 0.6 is 0 Å². The third-order valence-corrected chi connectivity index (χ3v) is 5.30. The van der Waals surface area contributed by atoms with Crippen LogP contribution in [0.5, 0.6) is 0 Å². The average Bonchev–Trinajstić information content (AvgIpc) is 3.04. The Morgan fingerprint density at radius 2 is 1.93 bits per heavy atom. The number of ether oxygens (including phenoxy) is 1. The number of nitrogens with one attached hydrogen (secondary N) is 1. The van der Waals surface area contributed by atoms with Gasteiger partial charge in [0.2, 0.25) is 0 Å². The number of H-pyrrole nitrogens is 1. The second-order valence-electron chi connectivity index (χ2n) is 7.13. The Labute approximate surface area is 157 Å². The summed E-state index contributed by atoms with van der Waals surface area (Å²) < 4.78 is 4.83. The standard InChI is InChI=1S/C22H22N2O3/c1-13-4-6-16(14(2)10-13)21(25)24-9-8-20-18(12-24)17-11-15(22(26)27-3)5-7-19(17)23-20/h4-7,10-11,23H,8-9,12H2,1-3H3.